The third kappa shape index (κ3) is 6.54. The number of unbranched alkanes of at least 4 members (excludes halogenated alkanes) is 4. The Morgan fingerprint density at radius 3 is 2.17 bits per heavy atom. The average Bonchev–Trinajstić information content (AvgIpc) is 3.29. The summed E-state index contributed by atoms with van der Waals surface area (Å²) in [6, 6.07) is 20.1. The summed E-state index contributed by atoms with van der Waals surface area (Å²) in [5.41, 5.74) is 5.64. The standard InChI is InChI=1S/C31H47N4/c1-5-7-12-19-33(20-13-8-6-2)35-21-18-30-31(29-17-16-26(3)27(4)24-29)32(22-23-34(30)35)25-28-14-10-9-11-15-28/h9-11,14-17,24,31H,5-8,12-13,18-23,25H2,1-4H3. The van der Waals surface area contributed by atoms with Crippen molar-refractivity contribution < 1.29 is 0 Å². The van der Waals surface area contributed by atoms with Gasteiger partial charge in [0, 0.05) is 39.3 Å². The first-order valence-corrected chi connectivity index (χ1v) is 14.1. The number of benzene rings is 2. The summed E-state index contributed by atoms with van der Waals surface area (Å²) in [4.78, 5) is 2.72. The van der Waals surface area contributed by atoms with Gasteiger partial charge in [0.25, 0.3) is 0 Å². The largest absolute Gasteiger partial charge is 0.289 e. The van der Waals surface area contributed by atoms with Gasteiger partial charge in [-0.3, -0.25) is 4.90 Å². The molecular formula is C31H47N4. The lowest BCUT2D eigenvalue weighted by Crippen LogP contribution is -2.56. The normalized spacial score (nSPS) is 20.1. The van der Waals surface area contributed by atoms with Crippen LogP contribution in [0.3, 0.4) is 0 Å². The zero-order chi connectivity index (χ0) is 24.6. The molecule has 0 saturated carbocycles. The van der Waals surface area contributed by atoms with E-state index in [4.69, 9.17) is 0 Å². The molecule has 2 aliphatic rings. The maximum Gasteiger partial charge on any atom is 0.0796 e. The Balaban J connectivity index is 1.57. The Labute approximate surface area is 214 Å². The van der Waals surface area contributed by atoms with Crippen molar-refractivity contribution in [1.82, 2.24) is 20.0 Å². The second-order valence-corrected chi connectivity index (χ2v) is 10.5. The predicted molar refractivity (Wildman–Crippen MR) is 147 cm³/mol. The zero-order valence-corrected chi connectivity index (χ0v) is 22.7. The maximum atomic E-state index is 2.72. The van der Waals surface area contributed by atoms with E-state index in [0.29, 0.717) is 6.04 Å². The molecule has 1 atom stereocenters. The first kappa shape index (κ1) is 26.3. The number of hydrazine groups is 2. The molecule has 0 aliphatic carbocycles. The lowest BCUT2D eigenvalue weighted by molar-refractivity contribution is -0.171. The van der Waals surface area contributed by atoms with Gasteiger partial charge in [-0.25, -0.2) is 10.0 Å². The number of nitrogens with zero attached hydrogens (tertiary/aromatic N) is 4. The van der Waals surface area contributed by atoms with Gasteiger partial charge in [0.05, 0.1) is 12.1 Å². The fourth-order valence-electron chi connectivity index (χ4n) is 5.76. The predicted octanol–water partition coefficient (Wildman–Crippen LogP) is 6.91. The fourth-order valence-corrected chi connectivity index (χ4v) is 5.76. The van der Waals surface area contributed by atoms with E-state index in [-0.39, 0.29) is 0 Å². The smallest absolute Gasteiger partial charge is 0.0796 e. The second-order valence-electron chi connectivity index (χ2n) is 10.5. The van der Waals surface area contributed by atoms with Gasteiger partial charge in [-0.1, -0.05) is 88.1 Å². The van der Waals surface area contributed by atoms with Gasteiger partial charge >= 0.3 is 0 Å². The molecule has 0 aromatic heterocycles. The van der Waals surface area contributed by atoms with Crippen LogP contribution in [0.15, 0.2) is 48.5 Å². The van der Waals surface area contributed by atoms with Crippen LogP contribution in [-0.2, 0) is 6.54 Å². The first-order chi connectivity index (χ1) is 17.1. The summed E-state index contributed by atoms with van der Waals surface area (Å²) in [6.07, 6.45) is 8.96. The molecule has 2 aromatic carbocycles. The van der Waals surface area contributed by atoms with Gasteiger partial charge in [0.2, 0.25) is 0 Å². The molecule has 0 N–H and O–H groups in total. The van der Waals surface area contributed by atoms with E-state index in [2.05, 4.69) is 96.3 Å². The van der Waals surface area contributed by atoms with Crippen molar-refractivity contribution in [3.63, 3.8) is 0 Å². The van der Waals surface area contributed by atoms with Gasteiger partial charge < -0.3 is 0 Å². The van der Waals surface area contributed by atoms with E-state index >= 15 is 0 Å². The molecule has 4 rings (SSSR count). The SMILES string of the molecule is CCCCCN(CCCCC)N1CC[C]2C(c3ccc(C)c(C)c3)N(Cc3ccccc3)CCN21. The molecule has 1 radical (unpaired) electrons. The Hall–Kier alpha value is -1.72. The van der Waals surface area contributed by atoms with E-state index in [1.807, 2.05) is 0 Å². The summed E-state index contributed by atoms with van der Waals surface area (Å²) in [5, 5.41) is 7.98. The average molecular weight is 476 g/mol. The molecule has 2 fully saturated rings. The first-order valence-electron chi connectivity index (χ1n) is 14.1. The molecule has 2 saturated heterocycles. The molecule has 2 aromatic rings. The van der Waals surface area contributed by atoms with Crippen molar-refractivity contribution in [1.29, 1.82) is 0 Å². The fraction of sp³-hybridized carbons (Fsp3) is 0.581. The Morgan fingerprint density at radius 1 is 0.800 bits per heavy atom. The molecule has 4 nitrogen and oxygen atoms in total. The summed E-state index contributed by atoms with van der Waals surface area (Å²) in [7, 11) is 0. The van der Waals surface area contributed by atoms with Gasteiger partial charge in [0.1, 0.15) is 0 Å². The quantitative estimate of drug-likeness (QED) is 0.309. The molecule has 0 bridgehead atoms. The van der Waals surface area contributed by atoms with Crippen LogP contribution < -0.4 is 0 Å². The molecule has 35 heavy (non-hydrogen) atoms. The summed E-state index contributed by atoms with van der Waals surface area (Å²) in [5.74, 6) is 0. The third-order valence-corrected chi connectivity index (χ3v) is 7.90. The number of hydrogen-bond donors (Lipinski definition) is 0. The minimum atomic E-state index is 0.349. The molecule has 0 spiro atoms. The van der Waals surface area contributed by atoms with Crippen LogP contribution in [-0.4, -0.2) is 52.8 Å². The Bertz CT molecular complexity index is 888. The highest BCUT2D eigenvalue weighted by molar-refractivity contribution is 5.35. The lowest BCUT2D eigenvalue weighted by Gasteiger charge is -2.48. The monoisotopic (exact) mass is 475 g/mol. The van der Waals surface area contributed by atoms with Gasteiger partial charge in [-0.05, 0) is 55.4 Å². The van der Waals surface area contributed by atoms with Gasteiger partial charge in [-0.15, -0.1) is 0 Å². The summed E-state index contributed by atoms with van der Waals surface area (Å²) >= 11 is 0. The molecule has 0 amide bonds. The van der Waals surface area contributed by atoms with Crippen LogP contribution in [0.25, 0.3) is 0 Å². The van der Waals surface area contributed by atoms with Crippen molar-refractivity contribution in [2.24, 2.45) is 0 Å². The van der Waals surface area contributed by atoms with Crippen LogP contribution >= 0.6 is 0 Å². The highest BCUT2D eigenvalue weighted by Gasteiger charge is 2.45. The number of fused-ring (bicyclic) bond motifs is 1. The number of aryl methyl sites for hydroxylation is 2. The summed E-state index contributed by atoms with van der Waals surface area (Å²) in [6.45, 7) is 15.8. The Kier molecular flexibility index (Phi) is 9.79. The van der Waals surface area contributed by atoms with E-state index in [0.717, 1.165) is 32.6 Å². The van der Waals surface area contributed by atoms with E-state index in [9.17, 15) is 0 Å². The molecular weight excluding hydrogens is 428 g/mol. The van der Waals surface area contributed by atoms with Crippen molar-refractivity contribution in [3.05, 3.63) is 76.8 Å². The van der Waals surface area contributed by atoms with E-state index in [1.165, 1.54) is 73.9 Å². The highest BCUT2D eigenvalue weighted by atomic mass is 15.9. The van der Waals surface area contributed by atoms with Crippen LogP contribution in [0.2, 0.25) is 0 Å². The van der Waals surface area contributed by atoms with E-state index < -0.39 is 0 Å². The topological polar surface area (TPSA) is 13.0 Å². The number of hydrogen-bond acceptors (Lipinski definition) is 4. The van der Waals surface area contributed by atoms with Crippen LogP contribution in [0.4, 0.5) is 0 Å². The van der Waals surface area contributed by atoms with Crippen molar-refractivity contribution in [2.75, 3.05) is 32.7 Å². The van der Waals surface area contributed by atoms with Crippen LogP contribution in [0, 0.1) is 19.9 Å². The van der Waals surface area contributed by atoms with E-state index in [1.54, 1.807) is 6.04 Å². The van der Waals surface area contributed by atoms with Crippen LogP contribution in [0.5, 0.6) is 0 Å². The zero-order valence-electron chi connectivity index (χ0n) is 22.7. The molecule has 4 heteroatoms. The molecule has 2 aliphatic heterocycles. The minimum Gasteiger partial charge on any atom is -0.289 e. The van der Waals surface area contributed by atoms with Crippen molar-refractivity contribution in [3.8, 4) is 0 Å². The minimum absolute atomic E-state index is 0.349. The molecule has 1 unspecified atom stereocenters. The van der Waals surface area contributed by atoms with Crippen LogP contribution in [0.1, 0.15) is 87.1 Å². The number of rotatable bonds is 12. The summed E-state index contributed by atoms with van der Waals surface area (Å²) < 4.78 is 0. The number of piperazine rings is 1. The second kappa shape index (κ2) is 13.0. The highest BCUT2D eigenvalue weighted by Crippen LogP contribution is 2.44. The third-order valence-electron chi connectivity index (χ3n) is 7.90. The van der Waals surface area contributed by atoms with Gasteiger partial charge in [0.15, 0.2) is 0 Å². The molecule has 191 valence electrons. The Morgan fingerprint density at radius 2 is 1.51 bits per heavy atom. The van der Waals surface area contributed by atoms with Crippen molar-refractivity contribution in [2.45, 2.75) is 85.2 Å². The maximum absolute atomic E-state index is 2.72. The van der Waals surface area contributed by atoms with Crippen molar-refractivity contribution >= 4 is 0 Å². The van der Waals surface area contributed by atoms with Gasteiger partial charge in [-0.2, -0.15) is 5.12 Å². The lowest BCUT2D eigenvalue weighted by atomic mass is 9.91. The molecule has 2 heterocycles.